The summed E-state index contributed by atoms with van der Waals surface area (Å²) in [5, 5.41) is 7.20. The molecule has 2 aliphatic rings. The molecule has 0 aliphatic carbocycles. The topological polar surface area (TPSA) is 56.8 Å². The third kappa shape index (κ3) is 1.81. The third-order valence-electron chi connectivity index (χ3n) is 3.18. The highest BCUT2D eigenvalue weighted by atomic mass is 32.2. The molecule has 0 fully saturated rings. The lowest BCUT2D eigenvalue weighted by Gasteiger charge is -2.17. The molecule has 0 atom stereocenters. The van der Waals surface area contributed by atoms with Crippen LogP contribution in [0.2, 0.25) is 0 Å². The summed E-state index contributed by atoms with van der Waals surface area (Å²) in [4.78, 5) is 4.38. The van der Waals surface area contributed by atoms with Crippen molar-refractivity contribution in [2.45, 2.75) is 0 Å². The van der Waals surface area contributed by atoms with E-state index in [-0.39, 0.29) is 0 Å². The van der Waals surface area contributed by atoms with Crippen LogP contribution < -0.4 is 4.72 Å². The molecule has 4 rings (SSSR count). The summed E-state index contributed by atoms with van der Waals surface area (Å²) < 4.78 is 5.20. The second-order valence-corrected chi connectivity index (χ2v) is 5.20. The van der Waals surface area contributed by atoms with Gasteiger partial charge in [0, 0.05) is 24.2 Å². The number of aromatic amines is 1. The van der Waals surface area contributed by atoms with Gasteiger partial charge in [-0.3, -0.25) is 14.4 Å². The molecule has 0 saturated carbocycles. The van der Waals surface area contributed by atoms with Crippen molar-refractivity contribution in [2.75, 3.05) is 0 Å². The monoisotopic (exact) mass is 281 g/mol. The Bertz CT molecular complexity index is 729. The zero-order valence-electron chi connectivity index (χ0n) is 10.4. The fourth-order valence-electron chi connectivity index (χ4n) is 2.22. The number of nitrogens with one attached hydrogen (secondary N) is 2. The van der Waals surface area contributed by atoms with Gasteiger partial charge in [0.1, 0.15) is 0 Å². The summed E-state index contributed by atoms with van der Waals surface area (Å²) in [5.41, 5.74) is 5.13. The number of H-pyrrole nitrogens is 1. The lowest BCUT2D eigenvalue weighted by atomic mass is 10.0. The zero-order chi connectivity index (χ0) is 13.4. The highest BCUT2D eigenvalue weighted by molar-refractivity contribution is 7.95. The molecular weight excluding hydrogens is 270 g/mol. The number of allylic oxidation sites excluding steroid dienone is 3. The Morgan fingerprint density at radius 1 is 1.25 bits per heavy atom. The van der Waals surface area contributed by atoms with Crippen LogP contribution in [-0.2, 0) is 0 Å². The van der Waals surface area contributed by atoms with Crippen LogP contribution in [0.25, 0.3) is 17.0 Å². The Hall–Kier alpha value is -2.47. The molecule has 2 aromatic rings. The number of nitrogens with zero attached hydrogens (tertiary/aromatic N) is 3. The summed E-state index contributed by atoms with van der Waals surface area (Å²) in [6.45, 7) is 0. The Morgan fingerprint density at radius 3 is 3.15 bits per heavy atom. The van der Waals surface area contributed by atoms with Gasteiger partial charge in [0.25, 0.3) is 0 Å². The Labute approximate surface area is 120 Å². The molecule has 0 saturated heterocycles. The van der Waals surface area contributed by atoms with Crippen molar-refractivity contribution < 1.29 is 0 Å². The second-order valence-electron chi connectivity index (χ2n) is 4.39. The molecule has 0 amide bonds. The number of pyridine rings is 1. The fourth-order valence-corrected chi connectivity index (χ4v) is 2.84. The first kappa shape index (κ1) is 11.4. The Balaban J connectivity index is 1.78. The van der Waals surface area contributed by atoms with Crippen LogP contribution in [0.15, 0.2) is 60.8 Å². The van der Waals surface area contributed by atoms with Crippen LogP contribution in [0.4, 0.5) is 0 Å². The van der Waals surface area contributed by atoms with E-state index in [1.807, 2.05) is 36.8 Å². The summed E-state index contributed by atoms with van der Waals surface area (Å²) >= 11 is 1.55. The number of hydrogen-bond acceptors (Lipinski definition) is 5. The van der Waals surface area contributed by atoms with E-state index in [1.165, 1.54) is 0 Å². The molecule has 20 heavy (non-hydrogen) atoms. The van der Waals surface area contributed by atoms with E-state index in [0.717, 1.165) is 28.2 Å². The van der Waals surface area contributed by atoms with E-state index in [4.69, 9.17) is 0 Å². The first-order valence-corrected chi connectivity index (χ1v) is 6.96. The van der Waals surface area contributed by atoms with Crippen molar-refractivity contribution in [3.63, 3.8) is 0 Å². The SMILES string of the molecule is C1=CN2SNC=C2C=C1c1cn[nH]c1-c1ccccn1. The van der Waals surface area contributed by atoms with E-state index < -0.39 is 0 Å². The standard InChI is InChI=1S/C14H11N5S/c1-2-5-15-13(3-1)14-12(9-16-18-14)10-4-6-19-11(7-10)8-17-20-19/h1-9,17H,(H,16,18). The lowest BCUT2D eigenvalue weighted by Crippen LogP contribution is -2.05. The maximum atomic E-state index is 4.38. The molecule has 2 aliphatic heterocycles. The van der Waals surface area contributed by atoms with Crippen LogP contribution in [0, 0.1) is 0 Å². The van der Waals surface area contributed by atoms with Gasteiger partial charge in [0.15, 0.2) is 0 Å². The Morgan fingerprint density at radius 2 is 2.25 bits per heavy atom. The molecule has 0 radical (unpaired) electrons. The molecule has 4 heterocycles. The summed E-state index contributed by atoms with van der Waals surface area (Å²) in [6.07, 6.45) is 11.9. The smallest absolute Gasteiger partial charge is 0.0912 e. The van der Waals surface area contributed by atoms with Crippen molar-refractivity contribution in [1.29, 1.82) is 0 Å². The highest BCUT2D eigenvalue weighted by Gasteiger charge is 2.19. The van der Waals surface area contributed by atoms with Crippen molar-refractivity contribution in [1.82, 2.24) is 24.2 Å². The first-order chi connectivity index (χ1) is 9.92. The van der Waals surface area contributed by atoms with E-state index in [0.29, 0.717) is 0 Å². The van der Waals surface area contributed by atoms with Crippen molar-refractivity contribution in [3.05, 3.63) is 66.4 Å². The van der Waals surface area contributed by atoms with E-state index in [2.05, 4.69) is 36.4 Å². The molecule has 0 spiro atoms. The van der Waals surface area contributed by atoms with Crippen LogP contribution in [-0.4, -0.2) is 19.5 Å². The van der Waals surface area contributed by atoms with Gasteiger partial charge in [-0.2, -0.15) is 5.10 Å². The predicted molar refractivity (Wildman–Crippen MR) is 79.6 cm³/mol. The number of aromatic nitrogens is 3. The molecule has 0 aromatic carbocycles. The highest BCUT2D eigenvalue weighted by Crippen LogP contribution is 2.34. The van der Waals surface area contributed by atoms with Gasteiger partial charge in [-0.1, -0.05) is 6.07 Å². The number of hydrogen-bond donors (Lipinski definition) is 2. The maximum Gasteiger partial charge on any atom is 0.0912 e. The molecule has 0 unspecified atom stereocenters. The van der Waals surface area contributed by atoms with Crippen molar-refractivity contribution >= 4 is 17.7 Å². The molecule has 98 valence electrons. The fraction of sp³-hybridized carbons (Fsp3) is 0. The minimum atomic E-state index is 0.893. The normalized spacial score (nSPS) is 16.5. The summed E-state index contributed by atoms with van der Waals surface area (Å²) in [5.74, 6) is 0. The van der Waals surface area contributed by atoms with E-state index in [1.54, 1.807) is 18.3 Å². The maximum absolute atomic E-state index is 4.38. The van der Waals surface area contributed by atoms with Gasteiger partial charge in [-0.25, -0.2) is 0 Å². The van der Waals surface area contributed by atoms with Crippen molar-refractivity contribution in [3.8, 4) is 11.4 Å². The number of fused-ring (bicyclic) bond motifs is 1. The van der Waals surface area contributed by atoms with Gasteiger partial charge >= 0.3 is 0 Å². The molecule has 0 bridgehead atoms. The molecule has 5 nitrogen and oxygen atoms in total. The minimum Gasteiger partial charge on any atom is -0.316 e. The predicted octanol–water partition coefficient (Wildman–Crippen LogP) is 2.69. The van der Waals surface area contributed by atoms with Gasteiger partial charge < -0.3 is 4.72 Å². The molecule has 2 aromatic heterocycles. The largest absolute Gasteiger partial charge is 0.316 e. The first-order valence-electron chi connectivity index (χ1n) is 6.19. The van der Waals surface area contributed by atoms with Gasteiger partial charge in [0.2, 0.25) is 0 Å². The van der Waals surface area contributed by atoms with Crippen LogP contribution in [0.5, 0.6) is 0 Å². The van der Waals surface area contributed by atoms with Crippen LogP contribution in [0.1, 0.15) is 5.56 Å². The third-order valence-corrected chi connectivity index (χ3v) is 3.93. The van der Waals surface area contributed by atoms with Crippen LogP contribution in [0.3, 0.4) is 0 Å². The van der Waals surface area contributed by atoms with Crippen molar-refractivity contribution in [2.24, 2.45) is 0 Å². The van der Waals surface area contributed by atoms with E-state index in [9.17, 15) is 0 Å². The minimum absolute atomic E-state index is 0.893. The van der Waals surface area contributed by atoms with Gasteiger partial charge in [-0.05, 0) is 29.9 Å². The van der Waals surface area contributed by atoms with Gasteiger partial charge in [0.05, 0.1) is 35.4 Å². The molecular formula is C14H11N5S. The molecule has 6 heteroatoms. The quantitative estimate of drug-likeness (QED) is 0.829. The van der Waals surface area contributed by atoms with E-state index >= 15 is 0 Å². The second kappa shape index (κ2) is 4.57. The summed E-state index contributed by atoms with van der Waals surface area (Å²) in [7, 11) is 0. The average molecular weight is 281 g/mol. The number of rotatable bonds is 2. The lowest BCUT2D eigenvalue weighted by molar-refractivity contribution is 0.809. The van der Waals surface area contributed by atoms with Gasteiger partial charge in [-0.15, -0.1) is 0 Å². The summed E-state index contributed by atoms with van der Waals surface area (Å²) in [6, 6.07) is 5.85. The van der Waals surface area contributed by atoms with Crippen LogP contribution >= 0.6 is 12.1 Å². The zero-order valence-corrected chi connectivity index (χ0v) is 11.3. The average Bonchev–Trinajstić information content (AvgIpc) is 3.16. The Kier molecular flexibility index (Phi) is 2.60. The molecule has 2 N–H and O–H groups in total.